The predicted molar refractivity (Wildman–Crippen MR) is 86.6 cm³/mol. The first-order chi connectivity index (χ1) is 13.1. The van der Waals surface area contributed by atoms with Crippen molar-refractivity contribution in [3.8, 4) is 0 Å². The minimum absolute atomic E-state index is 0.709. The highest BCUT2D eigenvalue weighted by Crippen LogP contribution is 2.36. The lowest BCUT2D eigenvalue weighted by molar-refractivity contribution is -0.383. The van der Waals surface area contributed by atoms with E-state index in [9.17, 15) is 40.5 Å². The number of nitrogens with zero attached hydrogens (tertiary/aromatic N) is 1. The molecule has 2 aliphatic heterocycles. The summed E-state index contributed by atoms with van der Waals surface area (Å²) in [5.41, 5.74) is 0. The number of carbonyl (C=O) groups excluding carboxylic acids is 1. The molecular formula is C15H27NO12. The normalized spacial score (nSPS) is 43.8. The summed E-state index contributed by atoms with van der Waals surface area (Å²) >= 11 is 0. The molecule has 0 radical (unpaired) electrons. The van der Waals surface area contributed by atoms with Crippen LogP contribution in [0.3, 0.4) is 0 Å². The molecule has 28 heavy (non-hydrogen) atoms. The van der Waals surface area contributed by atoms with E-state index in [1.807, 2.05) is 0 Å². The van der Waals surface area contributed by atoms with Crippen molar-refractivity contribution in [3.63, 3.8) is 0 Å². The highest BCUT2D eigenvalue weighted by atomic mass is 16.8. The summed E-state index contributed by atoms with van der Waals surface area (Å²) in [6.45, 7) is -2.20. The van der Waals surface area contributed by atoms with E-state index < -0.39 is 80.7 Å². The summed E-state index contributed by atoms with van der Waals surface area (Å²) < 4.78 is 21.0. The molecule has 2 fully saturated rings. The number of hydrogen-bond acceptors (Lipinski definition) is 12. The number of carbonyl (C=O) groups is 1. The van der Waals surface area contributed by atoms with Gasteiger partial charge in [-0.2, -0.15) is 0 Å². The molecule has 0 aromatic heterocycles. The van der Waals surface area contributed by atoms with E-state index in [-0.39, 0.29) is 0 Å². The average Bonchev–Trinajstić information content (AvgIpc) is 2.91. The molecule has 0 unspecified atom stereocenters. The van der Waals surface area contributed by atoms with Gasteiger partial charge in [0.2, 0.25) is 5.79 Å². The van der Waals surface area contributed by atoms with Crippen LogP contribution in [0.4, 0.5) is 4.79 Å². The maximum Gasteiger partial charge on any atom is 0.409 e. The second-order valence-corrected chi connectivity index (χ2v) is 6.85. The Kier molecular flexibility index (Phi) is 7.55. The zero-order chi connectivity index (χ0) is 21.2. The zero-order valence-electron chi connectivity index (χ0n) is 15.4. The largest absolute Gasteiger partial charge is 0.444 e. The molecule has 164 valence electrons. The van der Waals surface area contributed by atoms with E-state index in [2.05, 4.69) is 0 Å². The Balaban J connectivity index is 2.25. The van der Waals surface area contributed by atoms with Crippen LogP contribution < -0.4 is 0 Å². The first kappa shape index (κ1) is 23.2. The highest BCUT2D eigenvalue weighted by molar-refractivity contribution is 5.66. The molecule has 13 nitrogen and oxygen atoms in total. The van der Waals surface area contributed by atoms with E-state index >= 15 is 0 Å². The van der Waals surface area contributed by atoms with Crippen molar-refractivity contribution >= 4 is 6.09 Å². The van der Waals surface area contributed by atoms with Crippen LogP contribution >= 0.6 is 0 Å². The fourth-order valence-electron chi connectivity index (χ4n) is 2.91. The van der Waals surface area contributed by atoms with Gasteiger partial charge in [-0.15, -0.1) is 0 Å². The first-order valence-corrected chi connectivity index (χ1v) is 8.55. The average molecular weight is 413 g/mol. The Morgan fingerprint density at radius 2 is 1.57 bits per heavy atom. The molecule has 1 amide bonds. The van der Waals surface area contributed by atoms with Crippen LogP contribution in [0.15, 0.2) is 0 Å². The number of aliphatic hydroxyl groups excluding tert-OH is 7. The van der Waals surface area contributed by atoms with Crippen molar-refractivity contribution in [2.24, 2.45) is 0 Å². The first-order valence-electron chi connectivity index (χ1n) is 8.55. The van der Waals surface area contributed by atoms with Crippen LogP contribution in [-0.4, -0.2) is 135 Å². The topological polar surface area (TPSA) is 199 Å². The number of hydrogen-bond donors (Lipinski definition) is 7. The summed E-state index contributed by atoms with van der Waals surface area (Å²) in [6, 6.07) is 0. The van der Waals surface area contributed by atoms with Crippen molar-refractivity contribution < 1.29 is 59.5 Å². The quantitative estimate of drug-likeness (QED) is 0.220. The molecule has 2 rings (SSSR count). The van der Waals surface area contributed by atoms with E-state index in [0.29, 0.717) is 0 Å². The molecule has 7 N–H and O–H groups in total. The Labute approximate surface area is 160 Å². The summed E-state index contributed by atoms with van der Waals surface area (Å²) in [6.07, 6.45) is -13.9. The van der Waals surface area contributed by atoms with Crippen molar-refractivity contribution in [1.29, 1.82) is 0 Å². The van der Waals surface area contributed by atoms with Gasteiger partial charge in [-0.3, -0.25) is 0 Å². The van der Waals surface area contributed by atoms with Gasteiger partial charge in [-0.25, -0.2) is 4.79 Å². The van der Waals surface area contributed by atoms with Crippen LogP contribution in [0.25, 0.3) is 0 Å². The predicted octanol–water partition coefficient (Wildman–Crippen LogP) is -4.69. The monoisotopic (exact) mass is 413 g/mol. The maximum absolute atomic E-state index is 11.7. The van der Waals surface area contributed by atoms with Crippen LogP contribution in [0.5, 0.6) is 0 Å². The fourth-order valence-corrected chi connectivity index (χ4v) is 2.91. The molecule has 2 aliphatic rings. The van der Waals surface area contributed by atoms with Crippen LogP contribution in [0.1, 0.15) is 0 Å². The molecule has 13 heteroatoms. The summed E-state index contributed by atoms with van der Waals surface area (Å²) in [5.74, 6) is -2.27. The molecule has 0 saturated carbocycles. The molecule has 0 aromatic rings. The van der Waals surface area contributed by atoms with E-state index in [1.165, 1.54) is 14.1 Å². The molecule has 2 heterocycles. The van der Waals surface area contributed by atoms with Gasteiger partial charge in [0.1, 0.15) is 42.7 Å². The lowest BCUT2D eigenvalue weighted by Crippen LogP contribution is -2.63. The molecule has 9 atom stereocenters. The minimum atomic E-state index is -2.27. The van der Waals surface area contributed by atoms with Gasteiger partial charge >= 0.3 is 6.09 Å². The summed E-state index contributed by atoms with van der Waals surface area (Å²) in [5, 5.41) is 68.9. The van der Waals surface area contributed by atoms with Crippen molar-refractivity contribution in [1.82, 2.24) is 4.90 Å². The summed E-state index contributed by atoms with van der Waals surface area (Å²) in [4.78, 5) is 12.8. The number of aliphatic hydroxyl groups is 7. The lowest BCUT2D eigenvalue weighted by atomic mass is 9.99. The third-order valence-electron chi connectivity index (χ3n) is 4.61. The number of rotatable bonds is 6. The number of amides is 1. The molecule has 0 spiro atoms. The van der Waals surface area contributed by atoms with Crippen LogP contribution in [-0.2, 0) is 18.9 Å². The van der Waals surface area contributed by atoms with E-state index in [4.69, 9.17) is 18.9 Å². The smallest absolute Gasteiger partial charge is 0.409 e. The fraction of sp³-hybridized carbons (Fsp3) is 0.933. The SMILES string of the molecule is CN(C)C(=O)OC[C@@]1(O[C@H]2O[C@H](CO)[C@@H](O)[C@H](O)[C@H]2O)O[C@H](CO)[C@@H](O)[C@@H]1O. The van der Waals surface area contributed by atoms with Crippen LogP contribution in [0.2, 0.25) is 0 Å². The minimum Gasteiger partial charge on any atom is -0.444 e. The standard InChI is InChI=1S/C15H27NO12/c1-16(2)14(24)25-5-15(12(23)9(20)7(4-18)27-15)28-13-11(22)10(21)8(19)6(3-17)26-13/h6-13,17-23H,3-5H2,1-2H3/t6-,7-,8-,9-,10+,11-,12+,13-,15+/m1/s1. The molecule has 2 saturated heterocycles. The zero-order valence-corrected chi connectivity index (χ0v) is 15.4. The van der Waals surface area contributed by atoms with Gasteiger partial charge in [0.15, 0.2) is 12.9 Å². The van der Waals surface area contributed by atoms with Gasteiger partial charge in [-0.1, -0.05) is 0 Å². The third kappa shape index (κ3) is 4.38. The maximum atomic E-state index is 11.7. The van der Waals surface area contributed by atoms with Crippen molar-refractivity contribution in [2.75, 3.05) is 33.9 Å². The Morgan fingerprint density at radius 1 is 0.964 bits per heavy atom. The summed E-state index contributed by atoms with van der Waals surface area (Å²) in [7, 11) is 2.79. The molecule has 0 bridgehead atoms. The van der Waals surface area contributed by atoms with Gasteiger partial charge < -0.3 is 59.6 Å². The Bertz CT molecular complexity index is 533. The molecule has 0 aliphatic carbocycles. The van der Waals surface area contributed by atoms with Crippen molar-refractivity contribution in [3.05, 3.63) is 0 Å². The van der Waals surface area contributed by atoms with Crippen LogP contribution in [0, 0.1) is 0 Å². The van der Waals surface area contributed by atoms with E-state index in [1.54, 1.807) is 0 Å². The highest BCUT2D eigenvalue weighted by Gasteiger charge is 2.59. The number of ether oxygens (including phenoxy) is 4. The lowest BCUT2D eigenvalue weighted by Gasteiger charge is -2.43. The van der Waals surface area contributed by atoms with E-state index in [0.717, 1.165) is 4.90 Å². The molecule has 0 aromatic carbocycles. The van der Waals surface area contributed by atoms with Gasteiger partial charge in [0.05, 0.1) is 13.2 Å². The van der Waals surface area contributed by atoms with Gasteiger partial charge in [0, 0.05) is 14.1 Å². The Morgan fingerprint density at radius 3 is 2.07 bits per heavy atom. The second kappa shape index (κ2) is 9.13. The second-order valence-electron chi connectivity index (χ2n) is 6.85. The van der Waals surface area contributed by atoms with Gasteiger partial charge in [0.25, 0.3) is 0 Å². The third-order valence-corrected chi connectivity index (χ3v) is 4.61. The van der Waals surface area contributed by atoms with Gasteiger partial charge in [-0.05, 0) is 0 Å². The molecular weight excluding hydrogens is 386 g/mol. The van der Waals surface area contributed by atoms with Crippen molar-refractivity contribution in [2.45, 2.75) is 54.8 Å². The Hall–Kier alpha value is -1.13.